The molecule has 0 aliphatic carbocycles. The van der Waals surface area contributed by atoms with Crippen LogP contribution in [0, 0.1) is 0 Å². The Kier molecular flexibility index (Phi) is 7.45. The number of hydrogen-bond acceptors (Lipinski definition) is 5. The van der Waals surface area contributed by atoms with Gasteiger partial charge in [0.1, 0.15) is 11.4 Å². The maximum Gasteiger partial charge on any atom is 0.412 e. The second-order valence-electron chi connectivity index (χ2n) is 10.2. The van der Waals surface area contributed by atoms with Crippen molar-refractivity contribution in [2.75, 3.05) is 12.4 Å². The van der Waals surface area contributed by atoms with Gasteiger partial charge in [0, 0.05) is 11.5 Å². The Labute approximate surface area is 192 Å². The van der Waals surface area contributed by atoms with Crippen LogP contribution in [-0.2, 0) is 14.3 Å². The molecule has 0 fully saturated rings. The normalized spacial score (nSPS) is 12.7. The highest BCUT2D eigenvalue weighted by atomic mass is 28.4. The molecule has 1 amide bonds. The molecule has 0 unspecified atom stereocenters. The van der Waals surface area contributed by atoms with E-state index in [9.17, 15) is 9.59 Å². The Hall–Kier alpha value is -2.80. The third kappa shape index (κ3) is 6.35. The predicted octanol–water partition coefficient (Wildman–Crippen LogP) is 6.76. The molecule has 7 heteroatoms. The average Bonchev–Trinajstić information content (AvgIpc) is 2.65. The minimum absolute atomic E-state index is 0.0409. The predicted molar refractivity (Wildman–Crippen MR) is 133 cm³/mol. The summed E-state index contributed by atoms with van der Waals surface area (Å²) in [4.78, 5) is 24.3. The lowest BCUT2D eigenvalue weighted by Gasteiger charge is -2.37. The fourth-order valence-corrected chi connectivity index (χ4v) is 3.80. The van der Waals surface area contributed by atoms with Crippen LogP contribution < -0.4 is 9.74 Å². The van der Waals surface area contributed by atoms with E-state index in [1.807, 2.05) is 45.0 Å². The second-order valence-corrected chi connectivity index (χ2v) is 15.0. The fraction of sp³-hybridized carbons (Fsp3) is 0.440. The van der Waals surface area contributed by atoms with Crippen LogP contribution in [0.3, 0.4) is 0 Å². The van der Waals surface area contributed by atoms with E-state index in [2.05, 4.69) is 39.2 Å². The highest BCUT2D eigenvalue weighted by Gasteiger charge is 2.40. The molecule has 174 valence electrons. The van der Waals surface area contributed by atoms with Crippen molar-refractivity contribution in [3.05, 3.63) is 42.0 Å². The van der Waals surface area contributed by atoms with Crippen LogP contribution in [0.25, 0.3) is 16.8 Å². The first-order valence-electron chi connectivity index (χ1n) is 10.7. The third-order valence-electron chi connectivity index (χ3n) is 5.43. The van der Waals surface area contributed by atoms with Crippen LogP contribution in [0.2, 0.25) is 18.1 Å². The lowest BCUT2D eigenvalue weighted by atomic mass is 10.0. The molecule has 0 aliphatic rings. The second kappa shape index (κ2) is 9.36. The molecular weight excluding hydrogens is 422 g/mol. The summed E-state index contributed by atoms with van der Waals surface area (Å²) in [6.45, 7) is 16.2. The lowest BCUT2D eigenvalue weighted by molar-refractivity contribution is -0.134. The van der Waals surface area contributed by atoms with E-state index < -0.39 is 26.0 Å². The molecule has 0 aromatic heterocycles. The third-order valence-corrected chi connectivity index (χ3v) is 9.75. The van der Waals surface area contributed by atoms with E-state index in [-0.39, 0.29) is 5.04 Å². The first-order valence-corrected chi connectivity index (χ1v) is 13.6. The van der Waals surface area contributed by atoms with Crippen LogP contribution in [0.4, 0.5) is 10.5 Å². The summed E-state index contributed by atoms with van der Waals surface area (Å²) >= 11 is 0. The van der Waals surface area contributed by atoms with E-state index in [1.54, 1.807) is 12.1 Å². The van der Waals surface area contributed by atoms with Crippen molar-refractivity contribution in [1.29, 1.82) is 0 Å². The molecule has 2 rings (SSSR count). The summed E-state index contributed by atoms with van der Waals surface area (Å²) in [5.41, 5.74) is 0.599. The Balaban J connectivity index is 2.71. The number of nitrogens with one attached hydrogen (secondary N) is 1. The number of rotatable bonds is 5. The molecule has 6 nitrogen and oxygen atoms in total. The Morgan fingerprint density at radius 1 is 1.00 bits per heavy atom. The van der Waals surface area contributed by atoms with Gasteiger partial charge >= 0.3 is 12.1 Å². The van der Waals surface area contributed by atoms with E-state index in [0.717, 1.165) is 16.3 Å². The first kappa shape index (κ1) is 25.5. The molecule has 0 saturated carbocycles. The molecule has 0 heterocycles. The SMILES string of the molecule is COC(=O)/C=C\c1cc(NC(=O)OC(C)(C)C)c(O[Si](C)(C)C(C)(C)C)c2ccccc12. The first-order chi connectivity index (χ1) is 14.6. The number of anilines is 1. The zero-order valence-corrected chi connectivity index (χ0v) is 21.6. The number of benzene rings is 2. The van der Waals surface area contributed by atoms with Gasteiger partial charge in [0.15, 0.2) is 0 Å². The Morgan fingerprint density at radius 3 is 2.12 bits per heavy atom. The number of methoxy groups -OCH3 is 1. The smallest absolute Gasteiger partial charge is 0.412 e. The van der Waals surface area contributed by atoms with Gasteiger partial charge in [-0.15, -0.1) is 0 Å². The maximum atomic E-state index is 12.6. The molecular formula is C25H35NO5Si. The van der Waals surface area contributed by atoms with Gasteiger partial charge in [0.2, 0.25) is 0 Å². The minimum Gasteiger partial charge on any atom is -0.542 e. The van der Waals surface area contributed by atoms with Gasteiger partial charge < -0.3 is 13.9 Å². The lowest BCUT2D eigenvalue weighted by Crippen LogP contribution is -2.44. The zero-order valence-electron chi connectivity index (χ0n) is 20.6. The summed E-state index contributed by atoms with van der Waals surface area (Å²) < 4.78 is 16.9. The van der Waals surface area contributed by atoms with E-state index in [0.29, 0.717) is 11.4 Å². The van der Waals surface area contributed by atoms with Crippen molar-refractivity contribution in [1.82, 2.24) is 0 Å². The summed E-state index contributed by atoms with van der Waals surface area (Å²) in [6.07, 6.45) is 2.45. The number of esters is 1. The van der Waals surface area contributed by atoms with Crippen molar-refractivity contribution >= 4 is 42.9 Å². The van der Waals surface area contributed by atoms with E-state index >= 15 is 0 Å². The number of ether oxygens (including phenoxy) is 2. The van der Waals surface area contributed by atoms with Gasteiger partial charge in [-0.2, -0.15) is 0 Å². The van der Waals surface area contributed by atoms with Gasteiger partial charge in [-0.25, -0.2) is 9.59 Å². The topological polar surface area (TPSA) is 73.9 Å². The zero-order chi connectivity index (χ0) is 24.3. The van der Waals surface area contributed by atoms with Crippen molar-refractivity contribution in [3.63, 3.8) is 0 Å². The molecule has 0 radical (unpaired) electrons. The van der Waals surface area contributed by atoms with Gasteiger partial charge in [-0.3, -0.25) is 5.32 Å². The standard InChI is InChI=1S/C25H35NO5Si/c1-24(2,3)30-23(28)26-20-16-17(14-15-21(27)29-7)18-12-10-11-13-19(18)22(20)31-32(8,9)25(4,5)6/h10-16H,1-9H3,(H,26,28)/b15-14-. The minimum atomic E-state index is -2.24. The van der Waals surface area contributed by atoms with Gasteiger partial charge in [0.05, 0.1) is 12.8 Å². The number of carbonyl (C=O) groups excluding carboxylic acids is 2. The van der Waals surface area contributed by atoms with Gasteiger partial charge in [-0.1, -0.05) is 45.0 Å². The quantitative estimate of drug-likeness (QED) is 0.305. The van der Waals surface area contributed by atoms with Crippen LogP contribution in [-0.4, -0.2) is 33.1 Å². The highest BCUT2D eigenvalue weighted by molar-refractivity contribution is 6.74. The van der Waals surface area contributed by atoms with Gasteiger partial charge in [0.25, 0.3) is 8.32 Å². The Morgan fingerprint density at radius 2 is 1.59 bits per heavy atom. The number of carbonyl (C=O) groups is 2. The summed E-state index contributed by atoms with van der Waals surface area (Å²) in [6, 6.07) is 9.56. The van der Waals surface area contributed by atoms with E-state index in [4.69, 9.17) is 13.9 Å². The van der Waals surface area contributed by atoms with Gasteiger partial charge in [-0.05, 0) is 62.0 Å². The van der Waals surface area contributed by atoms with Crippen molar-refractivity contribution in [3.8, 4) is 5.75 Å². The van der Waals surface area contributed by atoms with Crippen molar-refractivity contribution in [2.45, 2.75) is 65.3 Å². The monoisotopic (exact) mass is 457 g/mol. The fourth-order valence-electron chi connectivity index (χ4n) is 2.77. The number of hydrogen-bond donors (Lipinski definition) is 1. The van der Waals surface area contributed by atoms with Crippen LogP contribution in [0.1, 0.15) is 47.1 Å². The van der Waals surface area contributed by atoms with E-state index in [1.165, 1.54) is 13.2 Å². The molecule has 2 aromatic rings. The Bertz CT molecular complexity index is 1030. The number of fused-ring (bicyclic) bond motifs is 1. The molecule has 2 aromatic carbocycles. The van der Waals surface area contributed by atoms with Crippen LogP contribution in [0.15, 0.2) is 36.4 Å². The molecule has 0 atom stereocenters. The van der Waals surface area contributed by atoms with Crippen molar-refractivity contribution in [2.24, 2.45) is 0 Å². The molecule has 1 N–H and O–H groups in total. The summed E-state index contributed by atoms with van der Waals surface area (Å²) in [5, 5.41) is 4.56. The molecule has 32 heavy (non-hydrogen) atoms. The summed E-state index contributed by atoms with van der Waals surface area (Å²) in [7, 11) is -0.906. The molecule has 0 saturated heterocycles. The van der Waals surface area contributed by atoms with Crippen LogP contribution in [0.5, 0.6) is 5.75 Å². The number of amides is 1. The largest absolute Gasteiger partial charge is 0.542 e. The van der Waals surface area contributed by atoms with Crippen LogP contribution >= 0.6 is 0 Å². The van der Waals surface area contributed by atoms with Crippen molar-refractivity contribution < 1.29 is 23.5 Å². The molecule has 0 bridgehead atoms. The molecule has 0 spiro atoms. The summed E-state index contributed by atoms with van der Waals surface area (Å²) in [5.74, 6) is 0.144. The maximum absolute atomic E-state index is 12.6. The average molecular weight is 458 g/mol. The molecule has 0 aliphatic heterocycles. The highest BCUT2D eigenvalue weighted by Crippen LogP contribution is 2.43.